The average Bonchev–Trinajstić information content (AvgIpc) is 2.46. The fraction of sp³-hybridized carbons (Fsp3) is 0.158. The van der Waals surface area contributed by atoms with Gasteiger partial charge in [0.2, 0.25) is 0 Å². The summed E-state index contributed by atoms with van der Waals surface area (Å²) in [5.74, 6) is 0. The summed E-state index contributed by atoms with van der Waals surface area (Å²) in [6.07, 6.45) is 0. The van der Waals surface area contributed by atoms with E-state index in [0.717, 1.165) is 10.0 Å². The van der Waals surface area contributed by atoms with E-state index in [1.807, 2.05) is 0 Å². The monoisotopic (exact) mass is 339 g/mol. The quantitative estimate of drug-likeness (QED) is 0.676. The molecule has 0 bridgehead atoms. The first-order valence-corrected chi connectivity index (χ1v) is 7.86. The van der Waals surface area contributed by atoms with Gasteiger partial charge in [0.15, 0.2) is 0 Å². The van der Waals surface area contributed by atoms with Gasteiger partial charge in [-0.1, -0.05) is 58.4 Å². The van der Waals surface area contributed by atoms with Gasteiger partial charge in [-0.25, -0.2) is 0 Å². The molecule has 0 fully saturated rings. The molecule has 0 heterocycles. The van der Waals surface area contributed by atoms with E-state index in [9.17, 15) is 0 Å². The molecule has 2 heteroatoms. The zero-order valence-electron chi connectivity index (χ0n) is 12.2. The van der Waals surface area contributed by atoms with Crippen LogP contribution < -0.4 is 5.73 Å². The van der Waals surface area contributed by atoms with Crippen molar-refractivity contribution in [2.75, 3.05) is 0 Å². The largest absolute Gasteiger partial charge is 0.320 e. The fourth-order valence-corrected chi connectivity index (χ4v) is 3.49. The van der Waals surface area contributed by atoms with Crippen molar-refractivity contribution in [2.45, 2.75) is 19.9 Å². The number of hydrogen-bond acceptors (Lipinski definition) is 1. The first-order valence-electron chi connectivity index (χ1n) is 7.07. The van der Waals surface area contributed by atoms with Crippen molar-refractivity contribution in [3.63, 3.8) is 0 Å². The highest BCUT2D eigenvalue weighted by molar-refractivity contribution is 9.10. The summed E-state index contributed by atoms with van der Waals surface area (Å²) in [6, 6.07) is 19.0. The number of fused-ring (bicyclic) bond motifs is 1. The molecule has 0 saturated carbocycles. The van der Waals surface area contributed by atoms with Crippen LogP contribution in [0.3, 0.4) is 0 Å². The van der Waals surface area contributed by atoms with Crippen LogP contribution >= 0.6 is 15.9 Å². The molecule has 0 aromatic heterocycles. The van der Waals surface area contributed by atoms with Crippen molar-refractivity contribution in [2.24, 2.45) is 5.73 Å². The van der Waals surface area contributed by atoms with Crippen LogP contribution in [0.1, 0.15) is 28.3 Å². The van der Waals surface area contributed by atoms with Crippen molar-refractivity contribution in [3.8, 4) is 0 Å². The summed E-state index contributed by atoms with van der Waals surface area (Å²) in [4.78, 5) is 0. The molecule has 0 radical (unpaired) electrons. The third kappa shape index (κ3) is 2.74. The molecule has 106 valence electrons. The minimum Gasteiger partial charge on any atom is -0.320 e. The molecule has 3 rings (SSSR count). The molecular formula is C19H18BrN. The SMILES string of the molecule is Cc1cc(Br)cc(C(N)c2ccc(C)c3ccccc23)c1. The van der Waals surface area contributed by atoms with Crippen LogP contribution in [-0.4, -0.2) is 0 Å². The Labute approximate surface area is 133 Å². The second-order valence-electron chi connectivity index (χ2n) is 5.56. The van der Waals surface area contributed by atoms with Crippen LogP contribution in [0.15, 0.2) is 59.1 Å². The molecule has 0 aliphatic heterocycles. The molecule has 2 N–H and O–H groups in total. The van der Waals surface area contributed by atoms with Crippen molar-refractivity contribution < 1.29 is 0 Å². The third-order valence-electron chi connectivity index (χ3n) is 3.93. The molecule has 3 aromatic carbocycles. The predicted molar refractivity (Wildman–Crippen MR) is 93.6 cm³/mol. The topological polar surface area (TPSA) is 26.0 Å². The zero-order valence-corrected chi connectivity index (χ0v) is 13.8. The number of rotatable bonds is 2. The Hall–Kier alpha value is -1.64. The maximum Gasteiger partial charge on any atom is 0.0558 e. The number of halogens is 1. The van der Waals surface area contributed by atoms with Crippen LogP contribution in [0.5, 0.6) is 0 Å². The van der Waals surface area contributed by atoms with Crippen LogP contribution in [0.25, 0.3) is 10.8 Å². The van der Waals surface area contributed by atoms with E-state index < -0.39 is 0 Å². The molecule has 0 aliphatic carbocycles. The second kappa shape index (κ2) is 5.63. The molecule has 0 saturated heterocycles. The zero-order chi connectivity index (χ0) is 15.0. The molecule has 1 nitrogen and oxygen atoms in total. The van der Waals surface area contributed by atoms with Crippen molar-refractivity contribution in [1.82, 2.24) is 0 Å². The summed E-state index contributed by atoms with van der Waals surface area (Å²) in [5.41, 5.74) is 11.4. The van der Waals surface area contributed by atoms with Crippen LogP contribution in [0.4, 0.5) is 0 Å². The summed E-state index contributed by atoms with van der Waals surface area (Å²) >= 11 is 3.56. The van der Waals surface area contributed by atoms with Crippen LogP contribution in [0.2, 0.25) is 0 Å². The van der Waals surface area contributed by atoms with Gasteiger partial charge in [0, 0.05) is 4.47 Å². The second-order valence-corrected chi connectivity index (χ2v) is 6.47. The Bertz CT molecular complexity index is 788. The molecule has 21 heavy (non-hydrogen) atoms. The number of hydrogen-bond donors (Lipinski definition) is 1. The van der Waals surface area contributed by atoms with E-state index in [4.69, 9.17) is 5.73 Å². The molecule has 1 atom stereocenters. The molecule has 0 spiro atoms. The maximum absolute atomic E-state index is 6.55. The predicted octanol–water partition coefficient (Wildman–Crippen LogP) is 5.27. The molecule has 3 aromatic rings. The lowest BCUT2D eigenvalue weighted by Crippen LogP contribution is -2.12. The Kier molecular flexibility index (Phi) is 3.83. The van der Waals surface area contributed by atoms with Crippen molar-refractivity contribution in [3.05, 3.63) is 81.3 Å². The Morgan fingerprint density at radius 3 is 2.33 bits per heavy atom. The van der Waals surface area contributed by atoms with Gasteiger partial charge in [-0.15, -0.1) is 0 Å². The normalized spacial score (nSPS) is 12.6. The maximum atomic E-state index is 6.55. The number of benzene rings is 3. The number of nitrogens with two attached hydrogens (primary N) is 1. The van der Waals surface area contributed by atoms with Gasteiger partial charge in [-0.2, -0.15) is 0 Å². The third-order valence-corrected chi connectivity index (χ3v) is 4.39. The van der Waals surface area contributed by atoms with Gasteiger partial charge in [-0.3, -0.25) is 0 Å². The lowest BCUT2D eigenvalue weighted by Gasteiger charge is -2.17. The van der Waals surface area contributed by atoms with E-state index in [-0.39, 0.29) is 6.04 Å². The van der Waals surface area contributed by atoms with Gasteiger partial charge in [0.05, 0.1) is 6.04 Å². The van der Waals surface area contributed by atoms with Gasteiger partial charge >= 0.3 is 0 Å². The lowest BCUT2D eigenvalue weighted by atomic mass is 9.92. The molecule has 1 unspecified atom stereocenters. The fourth-order valence-electron chi connectivity index (χ4n) is 2.87. The minimum atomic E-state index is -0.119. The van der Waals surface area contributed by atoms with Crippen molar-refractivity contribution in [1.29, 1.82) is 0 Å². The first kappa shape index (κ1) is 14.3. The van der Waals surface area contributed by atoms with Crippen molar-refractivity contribution >= 4 is 26.7 Å². The first-order chi connectivity index (χ1) is 10.1. The van der Waals surface area contributed by atoms with E-state index in [1.165, 1.54) is 27.5 Å². The van der Waals surface area contributed by atoms with E-state index in [0.29, 0.717) is 0 Å². The Morgan fingerprint density at radius 2 is 1.62 bits per heavy atom. The molecule has 0 amide bonds. The van der Waals surface area contributed by atoms with E-state index in [2.05, 4.69) is 84.4 Å². The minimum absolute atomic E-state index is 0.119. The molecule has 0 aliphatic rings. The smallest absolute Gasteiger partial charge is 0.0558 e. The van der Waals surface area contributed by atoms with Crippen LogP contribution in [0, 0.1) is 13.8 Å². The molecular weight excluding hydrogens is 322 g/mol. The summed E-state index contributed by atoms with van der Waals surface area (Å²) in [7, 11) is 0. The summed E-state index contributed by atoms with van der Waals surface area (Å²) in [6.45, 7) is 4.23. The van der Waals surface area contributed by atoms with E-state index >= 15 is 0 Å². The van der Waals surface area contributed by atoms with E-state index in [1.54, 1.807) is 0 Å². The highest BCUT2D eigenvalue weighted by atomic mass is 79.9. The lowest BCUT2D eigenvalue weighted by molar-refractivity contribution is 0.877. The highest BCUT2D eigenvalue weighted by Crippen LogP contribution is 2.30. The van der Waals surface area contributed by atoms with Gasteiger partial charge in [0.1, 0.15) is 0 Å². The van der Waals surface area contributed by atoms with Gasteiger partial charge in [0.25, 0.3) is 0 Å². The number of aryl methyl sites for hydroxylation is 2. The van der Waals surface area contributed by atoms with Gasteiger partial charge in [-0.05, 0) is 59.0 Å². The average molecular weight is 340 g/mol. The summed E-state index contributed by atoms with van der Waals surface area (Å²) in [5, 5.41) is 2.51. The summed E-state index contributed by atoms with van der Waals surface area (Å²) < 4.78 is 1.07. The Balaban J connectivity index is 2.18. The standard InChI is InChI=1S/C19H18BrN/c1-12-9-14(11-15(20)10-12)19(21)18-8-7-13(2)16-5-3-4-6-17(16)18/h3-11,19H,21H2,1-2H3. The van der Waals surface area contributed by atoms with Gasteiger partial charge < -0.3 is 5.73 Å². The van der Waals surface area contributed by atoms with Crippen LogP contribution in [-0.2, 0) is 0 Å². The Morgan fingerprint density at radius 1 is 0.905 bits per heavy atom. The highest BCUT2D eigenvalue weighted by Gasteiger charge is 2.13.